The van der Waals surface area contributed by atoms with E-state index in [1.54, 1.807) is 19.2 Å². The first-order chi connectivity index (χ1) is 14.0. The Bertz CT molecular complexity index is 994. The minimum absolute atomic E-state index is 0.125. The third kappa shape index (κ3) is 3.57. The molecule has 9 heteroatoms. The van der Waals surface area contributed by atoms with Gasteiger partial charge in [0.1, 0.15) is 12.1 Å². The molecule has 0 bridgehead atoms. The number of ether oxygens (including phenoxy) is 1. The Hall–Kier alpha value is -2.94. The third-order valence-electron chi connectivity index (χ3n) is 5.64. The first-order valence-electron chi connectivity index (χ1n) is 9.92. The summed E-state index contributed by atoms with van der Waals surface area (Å²) in [4.78, 5) is 25.5. The molecule has 9 nitrogen and oxygen atoms in total. The van der Waals surface area contributed by atoms with E-state index in [4.69, 9.17) is 4.74 Å². The Morgan fingerprint density at radius 1 is 1.31 bits per heavy atom. The lowest BCUT2D eigenvalue weighted by Crippen LogP contribution is -2.43. The zero-order valence-electron chi connectivity index (χ0n) is 16.7. The SMILES string of the molecule is COCCNc1cc(N=c2cc(C)c3c(n2O)C2(CCCCC2)NC3=O)ncn1. The molecule has 29 heavy (non-hydrogen) atoms. The molecule has 1 aliphatic carbocycles. The molecule has 1 saturated carbocycles. The van der Waals surface area contributed by atoms with Crippen LogP contribution in [-0.4, -0.2) is 46.1 Å². The van der Waals surface area contributed by atoms with Crippen LogP contribution in [0.5, 0.6) is 0 Å². The minimum atomic E-state index is -0.520. The predicted molar refractivity (Wildman–Crippen MR) is 106 cm³/mol. The number of methoxy groups -OCH3 is 1. The third-order valence-corrected chi connectivity index (χ3v) is 5.64. The van der Waals surface area contributed by atoms with Crippen molar-refractivity contribution in [1.82, 2.24) is 20.0 Å². The van der Waals surface area contributed by atoms with Gasteiger partial charge in [0.2, 0.25) is 0 Å². The first kappa shape index (κ1) is 19.4. The van der Waals surface area contributed by atoms with Crippen molar-refractivity contribution in [2.24, 2.45) is 4.99 Å². The maximum absolute atomic E-state index is 12.6. The van der Waals surface area contributed by atoms with Gasteiger partial charge in [0.15, 0.2) is 11.3 Å². The van der Waals surface area contributed by atoms with E-state index < -0.39 is 5.54 Å². The van der Waals surface area contributed by atoms with Crippen LogP contribution >= 0.6 is 0 Å². The highest BCUT2D eigenvalue weighted by Gasteiger charge is 2.47. The standard InChI is InChI=1S/C20H26N6O3/c1-13-10-16(24-15-11-14(22-12-23-15)21-8-9-29-2)26(28)18-17(13)19(27)25-20(18)6-4-3-5-7-20/h10-12,28H,3-9H2,1-2H3,(H,25,27)(H,21,22,23). The fraction of sp³-hybridized carbons (Fsp3) is 0.500. The minimum Gasteiger partial charge on any atom is -0.427 e. The number of fused-ring (bicyclic) bond motifs is 2. The number of aryl methyl sites for hydroxylation is 1. The van der Waals surface area contributed by atoms with Crippen molar-refractivity contribution >= 4 is 17.5 Å². The van der Waals surface area contributed by atoms with Crippen LogP contribution in [0.15, 0.2) is 23.5 Å². The van der Waals surface area contributed by atoms with Crippen LogP contribution in [0.4, 0.5) is 11.6 Å². The second kappa shape index (κ2) is 7.82. The molecule has 0 saturated heterocycles. The number of carbonyl (C=O) groups is 1. The van der Waals surface area contributed by atoms with E-state index >= 15 is 0 Å². The van der Waals surface area contributed by atoms with Gasteiger partial charge in [-0.3, -0.25) is 4.79 Å². The Morgan fingerprint density at radius 3 is 2.86 bits per heavy atom. The molecule has 1 amide bonds. The van der Waals surface area contributed by atoms with Crippen molar-refractivity contribution in [3.8, 4) is 0 Å². The lowest BCUT2D eigenvalue weighted by molar-refractivity contribution is 0.0892. The average Bonchev–Trinajstić information content (AvgIpc) is 2.99. The molecule has 4 rings (SSSR count). The maximum atomic E-state index is 12.6. The smallest absolute Gasteiger partial charge is 0.254 e. The number of nitrogens with one attached hydrogen (secondary N) is 2. The summed E-state index contributed by atoms with van der Waals surface area (Å²) < 4.78 is 6.09. The van der Waals surface area contributed by atoms with E-state index in [1.165, 1.54) is 6.33 Å². The number of nitrogens with zero attached hydrogens (tertiary/aromatic N) is 4. The average molecular weight is 398 g/mol. The van der Waals surface area contributed by atoms with Gasteiger partial charge in [-0.05, 0) is 31.4 Å². The van der Waals surface area contributed by atoms with E-state index in [0.29, 0.717) is 41.5 Å². The van der Waals surface area contributed by atoms with Crippen LogP contribution in [0.25, 0.3) is 0 Å². The van der Waals surface area contributed by atoms with Crippen molar-refractivity contribution in [3.63, 3.8) is 0 Å². The number of anilines is 1. The van der Waals surface area contributed by atoms with Crippen molar-refractivity contribution < 1.29 is 14.7 Å². The molecule has 154 valence electrons. The number of amides is 1. The van der Waals surface area contributed by atoms with Gasteiger partial charge in [0, 0.05) is 19.7 Å². The highest BCUT2D eigenvalue weighted by Crippen LogP contribution is 2.42. The van der Waals surface area contributed by atoms with Gasteiger partial charge < -0.3 is 20.6 Å². The molecule has 2 aliphatic rings. The van der Waals surface area contributed by atoms with E-state index in [0.717, 1.165) is 42.4 Å². The lowest BCUT2D eigenvalue weighted by Gasteiger charge is -2.34. The normalized spacial score (nSPS) is 18.0. The molecule has 0 unspecified atom stereocenters. The van der Waals surface area contributed by atoms with Crippen LogP contribution in [0.2, 0.25) is 0 Å². The second-order valence-electron chi connectivity index (χ2n) is 7.61. The number of rotatable bonds is 5. The Morgan fingerprint density at radius 2 is 2.10 bits per heavy atom. The van der Waals surface area contributed by atoms with Gasteiger partial charge in [-0.1, -0.05) is 19.3 Å². The van der Waals surface area contributed by atoms with Crippen molar-refractivity contribution in [2.45, 2.75) is 44.6 Å². The molecule has 2 aromatic heterocycles. The fourth-order valence-electron chi connectivity index (χ4n) is 4.30. The highest BCUT2D eigenvalue weighted by atomic mass is 16.5. The van der Waals surface area contributed by atoms with Crippen molar-refractivity contribution in [3.05, 3.63) is 40.8 Å². The molecule has 0 radical (unpaired) electrons. The predicted octanol–water partition coefficient (Wildman–Crippen LogP) is 2.02. The number of pyridine rings is 1. The summed E-state index contributed by atoms with van der Waals surface area (Å²) in [5.74, 6) is 0.913. The molecule has 1 spiro atoms. The Labute approximate surface area is 168 Å². The van der Waals surface area contributed by atoms with E-state index in [2.05, 4.69) is 25.6 Å². The van der Waals surface area contributed by atoms with Crippen LogP contribution in [0.3, 0.4) is 0 Å². The number of aromatic nitrogens is 3. The van der Waals surface area contributed by atoms with Crippen LogP contribution in [0, 0.1) is 6.92 Å². The van der Waals surface area contributed by atoms with Gasteiger partial charge in [-0.25, -0.2) is 15.0 Å². The Kier molecular flexibility index (Phi) is 5.23. The second-order valence-corrected chi connectivity index (χ2v) is 7.61. The maximum Gasteiger partial charge on any atom is 0.254 e. The number of hydrogen-bond acceptors (Lipinski definition) is 7. The molecule has 1 aliphatic heterocycles. The van der Waals surface area contributed by atoms with Crippen molar-refractivity contribution in [1.29, 1.82) is 0 Å². The molecule has 2 aromatic rings. The van der Waals surface area contributed by atoms with Gasteiger partial charge in [0.05, 0.1) is 23.4 Å². The first-order valence-corrected chi connectivity index (χ1v) is 9.92. The summed E-state index contributed by atoms with van der Waals surface area (Å²) in [6.07, 6.45) is 6.22. The van der Waals surface area contributed by atoms with Crippen molar-refractivity contribution in [2.75, 3.05) is 25.6 Å². The summed E-state index contributed by atoms with van der Waals surface area (Å²) >= 11 is 0. The molecular weight excluding hydrogens is 372 g/mol. The zero-order valence-corrected chi connectivity index (χ0v) is 16.7. The summed E-state index contributed by atoms with van der Waals surface area (Å²) in [6.45, 7) is 3.04. The lowest BCUT2D eigenvalue weighted by atomic mass is 9.79. The summed E-state index contributed by atoms with van der Waals surface area (Å²) in [6, 6.07) is 3.42. The number of hydrogen-bond donors (Lipinski definition) is 3. The molecule has 3 heterocycles. The van der Waals surface area contributed by atoms with Crippen LogP contribution < -0.4 is 16.1 Å². The molecule has 0 atom stereocenters. The van der Waals surface area contributed by atoms with Gasteiger partial charge in [-0.15, -0.1) is 0 Å². The van der Waals surface area contributed by atoms with Crippen LogP contribution in [-0.2, 0) is 10.3 Å². The van der Waals surface area contributed by atoms with E-state index in [1.807, 2.05) is 6.92 Å². The largest absolute Gasteiger partial charge is 0.427 e. The topological polar surface area (TPSA) is 114 Å². The Balaban J connectivity index is 1.77. The summed E-state index contributed by atoms with van der Waals surface area (Å²) in [5, 5.41) is 17.3. The fourth-order valence-corrected chi connectivity index (χ4v) is 4.30. The quantitative estimate of drug-likeness (QED) is 0.524. The molecule has 3 N–H and O–H groups in total. The molecular formula is C20H26N6O3. The molecule has 1 fully saturated rings. The van der Waals surface area contributed by atoms with E-state index in [-0.39, 0.29) is 5.91 Å². The zero-order chi connectivity index (χ0) is 20.4. The van der Waals surface area contributed by atoms with Gasteiger partial charge >= 0.3 is 0 Å². The van der Waals surface area contributed by atoms with Crippen LogP contribution in [0.1, 0.15) is 53.7 Å². The molecule has 0 aromatic carbocycles. The number of carbonyl (C=O) groups excluding carboxylic acids is 1. The van der Waals surface area contributed by atoms with Gasteiger partial charge in [-0.2, -0.15) is 4.73 Å². The summed E-state index contributed by atoms with van der Waals surface area (Å²) in [7, 11) is 1.64. The summed E-state index contributed by atoms with van der Waals surface area (Å²) in [5.41, 5.74) is 1.78. The van der Waals surface area contributed by atoms with Gasteiger partial charge in [0.25, 0.3) is 5.91 Å². The highest BCUT2D eigenvalue weighted by molar-refractivity contribution is 6.00. The van der Waals surface area contributed by atoms with E-state index in [9.17, 15) is 10.0 Å². The monoisotopic (exact) mass is 398 g/mol.